The van der Waals surface area contributed by atoms with Crippen LogP contribution in [0.4, 0.5) is 0 Å². The Labute approximate surface area is 84.9 Å². The highest BCUT2D eigenvalue weighted by Gasteiger charge is 2.26. The van der Waals surface area contributed by atoms with Crippen molar-refractivity contribution in [1.29, 1.82) is 0 Å². The van der Waals surface area contributed by atoms with Gasteiger partial charge in [0.1, 0.15) is 0 Å². The first-order valence-corrected chi connectivity index (χ1v) is 4.50. The molecule has 0 aliphatic carbocycles. The summed E-state index contributed by atoms with van der Waals surface area (Å²) in [5.74, 6) is 1.14. The monoisotopic (exact) mass is 207 g/mol. The van der Waals surface area contributed by atoms with Gasteiger partial charge in [0.2, 0.25) is 12.2 Å². The molecule has 0 spiro atoms. The minimum atomic E-state index is 0.445. The smallest absolute Gasteiger partial charge is 0.238 e. The van der Waals surface area contributed by atoms with Crippen LogP contribution in [0.3, 0.4) is 0 Å². The van der Waals surface area contributed by atoms with Crippen molar-refractivity contribution >= 4 is 0 Å². The minimum absolute atomic E-state index is 0.445. The maximum absolute atomic E-state index is 9.32. The van der Waals surface area contributed by atoms with Crippen molar-refractivity contribution in [3.63, 3.8) is 0 Å². The van der Waals surface area contributed by atoms with E-state index in [0.717, 1.165) is 11.4 Å². The molecule has 2 aromatic rings. The number of rotatable bonds is 1. The van der Waals surface area contributed by atoms with Gasteiger partial charge in [-0.3, -0.25) is 0 Å². The molecule has 1 aliphatic heterocycles. The van der Waals surface area contributed by atoms with Crippen molar-refractivity contribution in [2.75, 3.05) is 0 Å². The second-order valence-corrected chi connectivity index (χ2v) is 3.47. The molecule has 1 aliphatic rings. The quantitative estimate of drug-likeness (QED) is 0.718. The molecule has 15 heavy (non-hydrogen) atoms. The first-order chi connectivity index (χ1) is 7.25. The van der Waals surface area contributed by atoms with Crippen LogP contribution in [-0.4, -0.2) is 30.0 Å². The lowest BCUT2D eigenvalue weighted by atomic mass is 10.4. The third-order valence-corrected chi connectivity index (χ3v) is 2.52. The summed E-state index contributed by atoms with van der Waals surface area (Å²) in [7, 11) is 1.87. The van der Waals surface area contributed by atoms with Crippen molar-refractivity contribution in [3.05, 3.63) is 17.8 Å². The highest BCUT2D eigenvalue weighted by molar-refractivity contribution is 5.45. The molecule has 0 atom stereocenters. The van der Waals surface area contributed by atoms with Crippen LogP contribution in [0.15, 0.2) is 10.9 Å². The lowest BCUT2D eigenvalue weighted by Gasteiger charge is -2.05. The molecule has 0 fully saturated rings. The van der Waals surface area contributed by atoms with E-state index in [1.807, 2.05) is 11.6 Å². The van der Waals surface area contributed by atoms with Crippen LogP contribution in [-0.2, 0) is 20.1 Å². The van der Waals surface area contributed by atoms with Crippen LogP contribution in [0.25, 0.3) is 11.6 Å². The molecule has 3 heterocycles. The van der Waals surface area contributed by atoms with E-state index in [9.17, 15) is 5.21 Å². The predicted octanol–water partition coefficient (Wildman–Crippen LogP) is 0.175. The summed E-state index contributed by atoms with van der Waals surface area (Å²) in [6.45, 7) is 0.928. The van der Waals surface area contributed by atoms with Gasteiger partial charge in [-0.2, -0.15) is 10.0 Å². The normalized spacial score (nSPS) is 15.9. The van der Waals surface area contributed by atoms with E-state index in [-0.39, 0.29) is 0 Å². The fraction of sp³-hybridized carbons (Fsp3) is 0.375. The van der Waals surface area contributed by atoms with Gasteiger partial charge in [0.05, 0.1) is 24.5 Å². The SMILES string of the molecule is Cn1c(-c2ncon2)nc2c1CN(O)C2. The average Bonchev–Trinajstić information content (AvgIpc) is 2.84. The number of imidazole rings is 1. The molecular formula is C8H9N5O2. The zero-order valence-electron chi connectivity index (χ0n) is 8.08. The van der Waals surface area contributed by atoms with Crippen LogP contribution in [0, 0.1) is 0 Å². The number of hydrogen-bond acceptors (Lipinski definition) is 6. The molecule has 1 N–H and O–H groups in total. The van der Waals surface area contributed by atoms with Gasteiger partial charge in [-0.15, -0.1) is 0 Å². The molecular weight excluding hydrogens is 198 g/mol. The summed E-state index contributed by atoms with van der Waals surface area (Å²) in [5, 5.41) is 14.3. The van der Waals surface area contributed by atoms with Gasteiger partial charge in [-0.1, -0.05) is 5.16 Å². The van der Waals surface area contributed by atoms with E-state index >= 15 is 0 Å². The van der Waals surface area contributed by atoms with Crippen LogP contribution in [0.5, 0.6) is 0 Å². The molecule has 2 aromatic heterocycles. The van der Waals surface area contributed by atoms with E-state index < -0.39 is 0 Å². The fourth-order valence-corrected chi connectivity index (χ4v) is 1.78. The summed E-state index contributed by atoms with van der Waals surface area (Å²) in [4.78, 5) is 8.30. The van der Waals surface area contributed by atoms with Gasteiger partial charge in [0.25, 0.3) is 0 Å². The van der Waals surface area contributed by atoms with Crippen molar-refractivity contribution in [1.82, 2.24) is 24.8 Å². The van der Waals surface area contributed by atoms with E-state index in [4.69, 9.17) is 0 Å². The maximum atomic E-state index is 9.32. The minimum Gasteiger partial charge on any atom is -0.342 e. The van der Waals surface area contributed by atoms with Gasteiger partial charge in [0.15, 0.2) is 5.82 Å². The summed E-state index contributed by atoms with van der Waals surface area (Å²) >= 11 is 0. The molecule has 0 amide bonds. The number of fused-ring (bicyclic) bond motifs is 1. The standard InChI is InChI=1S/C8H9N5O2/c1-12-6-3-13(14)2-5(6)10-8(12)7-9-4-15-11-7/h4,14H,2-3H2,1H3. The average molecular weight is 207 g/mol. The van der Waals surface area contributed by atoms with Gasteiger partial charge in [-0.05, 0) is 0 Å². The van der Waals surface area contributed by atoms with Crippen molar-refractivity contribution in [2.45, 2.75) is 13.1 Å². The molecule has 3 rings (SSSR count). The Morgan fingerprint density at radius 1 is 1.47 bits per heavy atom. The highest BCUT2D eigenvalue weighted by atomic mass is 16.5. The first kappa shape index (κ1) is 8.57. The summed E-state index contributed by atoms with van der Waals surface area (Å²) < 4.78 is 6.54. The number of aromatic nitrogens is 4. The lowest BCUT2D eigenvalue weighted by molar-refractivity contribution is -0.0984. The van der Waals surface area contributed by atoms with E-state index in [1.165, 1.54) is 11.5 Å². The summed E-state index contributed by atoms with van der Waals surface area (Å²) in [6, 6.07) is 0. The van der Waals surface area contributed by atoms with Gasteiger partial charge < -0.3 is 14.3 Å². The van der Waals surface area contributed by atoms with Crippen LogP contribution in [0.2, 0.25) is 0 Å². The lowest BCUT2D eigenvalue weighted by Crippen LogP contribution is -2.12. The fourth-order valence-electron chi connectivity index (χ4n) is 1.78. The Balaban J connectivity index is 2.10. The van der Waals surface area contributed by atoms with Crippen molar-refractivity contribution in [2.24, 2.45) is 7.05 Å². The van der Waals surface area contributed by atoms with E-state index in [1.54, 1.807) is 0 Å². The molecule has 0 radical (unpaired) electrons. The molecule has 7 heteroatoms. The molecule has 7 nitrogen and oxygen atoms in total. The van der Waals surface area contributed by atoms with E-state index in [0.29, 0.717) is 24.7 Å². The zero-order chi connectivity index (χ0) is 10.4. The Morgan fingerprint density at radius 3 is 3.00 bits per heavy atom. The largest absolute Gasteiger partial charge is 0.342 e. The van der Waals surface area contributed by atoms with Gasteiger partial charge in [-0.25, -0.2) is 4.98 Å². The molecule has 0 aromatic carbocycles. The van der Waals surface area contributed by atoms with Crippen LogP contribution >= 0.6 is 0 Å². The third-order valence-electron chi connectivity index (χ3n) is 2.52. The Hall–Kier alpha value is -1.73. The zero-order valence-corrected chi connectivity index (χ0v) is 8.08. The van der Waals surface area contributed by atoms with Crippen LogP contribution in [0.1, 0.15) is 11.4 Å². The molecule has 78 valence electrons. The second-order valence-electron chi connectivity index (χ2n) is 3.47. The number of nitrogens with zero attached hydrogens (tertiary/aromatic N) is 5. The second kappa shape index (κ2) is 2.88. The molecule has 0 unspecified atom stereocenters. The summed E-state index contributed by atoms with van der Waals surface area (Å²) in [5.41, 5.74) is 1.84. The molecule has 0 saturated heterocycles. The Bertz CT molecular complexity index is 489. The van der Waals surface area contributed by atoms with Gasteiger partial charge >= 0.3 is 0 Å². The molecule has 0 saturated carbocycles. The van der Waals surface area contributed by atoms with Crippen LogP contribution < -0.4 is 0 Å². The summed E-state index contributed by atoms with van der Waals surface area (Å²) in [6.07, 6.45) is 1.27. The maximum Gasteiger partial charge on any atom is 0.238 e. The Morgan fingerprint density at radius 2 is 2.33 bits per heavy atom. The number of hydroxylamine groups is 2. The number of hydrogen-bond donors (Lipinski definition) is 1. The van der Waals surface area contributed by atoms with Gasteiger partial charge in [0, 0.05) is 7.05 Å². The van der Waals surface area contributed by atoms with E-state index in [2.05, 4.69) is 19.6 Å². The highest BCUT2D eigenvalue weighted by Crippen LogP contribution is 2.24. The topological polar surface area (TPSA) is 80.2 Å². The van der Waals surface area contributed by atoms with Crippen molar-refractivity contribution in [3.8, 4) is 11.6 Å². The predicted molar refractivity (Wildman–Crippen MR) is 47.5 cm³/mol. The van der Waals surface area contributed by atoms with Crippen molar-refractivity contribution < 1.29 is 9.73 Å². The molecule has 0 bridgehead atoms. The first-order valence-electron chi connectivity index (χ1n) is 4.50. The Kier molecular flexibility index (Phi) is 1.64. The third kappa shape index (κ3) is 1.17.